The molecule has 1 rings (SSSR count). The minimum Gasteiger partial charge on any atom is -0.475 e. The molecule has 2 atom stereocenters. The number of hydrogen-bond donors (Lipinski definition) is 2. The third-order valence-corrected chi connectivity index (χ3v) is 2.38. The Morgan fingerprint density at radius 1 is 1.44 bits per heavy atom. The van der Waals surface area contributed by atoms with E-state index in [4.69, 9.17) is 21.4 Å². The van der Waals surface area contributed by atoms with E-state index in [1.54, 1.807) is 13.0 Å². The lowest BCUT2D eigenvalue weighted by Crippen LogP contribution is -2.36. The first kappa shape index (κ1) is 13.3. The number of aliphatic hydroxyl groups excluding tert-OH is 1. The third-order valence-electron chi connectivity index (χ3n) is 2.14. The van der Waals surface area contributed by atoms with E-state index in [0.29, 0.717) is 11.6 Å². The van der Waals surface area contributed by atoms with Crippen molar-refractivity contribution in [1.82, 2.24) is 5.32 Å². The Bertz CT molecular complexity index is 342. The van der Waals surface area contributed by atoms with Gasteiger partial charge in [0.05, 0.1) is 6.10 Å². The van der Waals surface area contributed by atoms with Crippen LogP contribution in [0.4, 0.5) is 0 Å². The van der Waals surface area contributed by atoms with Crippen molar-refractivity contribution in [3.63, 3.8) is 0 Å². The molecule has 2 N–H and O–H groups in total. The Labute approximate surface area is 101 Å². The Morgan fingerprint density at radius 2 is 2.12 bits per heavy atom. The van der Waals surface area contributed by atoms with Gasteiger partial charge >= 0.3 is 0 Å². The van der Waals surface area contributed by atoms with Gasteiger partial charge in [0, 0.05) is 11.6 Å². The first-order valence-electron chi connectivity index (χ1n) is 5.33. The molecule has 0 fully saturated rings. The van der Waals surface area contributed by atoms with Gasteiger partial charge in [0.15, 0.2) is 0 Å². The number of halogens is 1. The Kier molecular flexibility index (Phi) is 5.06. The molecular formula is C12H18ClNO2. The zero-order chi connectivity index (χ0) is 12.1. The molecule has 4 heteroatoms. The Hall–Kier alpha value is -0.770. The SMILES string of the molecule is Cc1cc(Cl)ccc1OC(C)NCC(C)O. The van der Waals surface area contributed by atoms with Crippen molar-refractivity contribution in [1.29, 1.82) is 0 Å². The molecule has 16 heavy (non-hydrogen) atoms. The van der Waals surface area contributed by atoms with Gasteiger partial charge < -0.3 is 9.84 Å². The molecule has 0 aromatic heterocycles. The number of nitrogens with one attached hydrogen (secondary N) is 1. The van der Waals surface area contributed by atoms with Crippen LogP contribution in [0.15, 0.2) is 18.2 Å². The van der Waals surface area contributed by atoms with E-state index in [-0.39, 0.29) is 12.3 Å². The number of hydrogen-bond acceptors (Lipinski definition) is 3. The summed E-state index contributed by atoms with van der Waals surface area (Å²) in [5, 5.41) is 12.9. The van der Waals surface area contributed by atoms with Crippen LogP contribution in [-0.4, -0.2) is 24.0 Å². The zero-order valence-electron chi connectivity index (χ0n) is 9.83. The van der Waals surface area contributed by atoms with E-state index < -0.39 is 0 Å². The summed E-state index contributed by atoms with van der Waals surface area (Å²) in [4.78, 5) is 0. The van der Waals surface area contributed by atoms with Crippen LogP contribution < -0.4 is 10.1 Å². The van der Waals surface area contributed by atoms with Crippen molar-refractivity contribution in [2.24, 2.45) is 0 Å². The molecule has 0 aliphatic carbocycles. The zero-order valence-corrected chi connectivity index (χ0v) is 10.6. The van der Waals surface area contributed by atoms with Crippen LogP contribution in [-0.2, 0) is 0 Å². The van der Waals surface area contributed by atoms with Gasteiger partial charge in [0.25, 0.3) is 0 Å². The summed E-state index contributed by atoms with van der Waals surface area (Å²) in [6, 6.07) is 5.50. The number of aliphatic hydroxyl groups is 1. The molecule has 0 spiro atoms. The summed E-state index contributed by atoms with van der Waals surface area (Å²) in [6.07, 6.45) is -0.521. The van der Waals surface area contributed by atoms with Gasteiger partial charge in [-0.25, -0.2) is 0 Å². The molecule has 2 unspecified atom stereocenters. The van der Waals surface area contributed by atoms with Crippen LogP contribution in [0.1, 0.15) is 19.4 Å². The van der Waals surface area contributed by atoms with Crippen molar-refractivity contribution < 1.29 is 9.84 Å². The summed E-state index contributed by atoms with van der Waals surface area (Å²) >= 11 is 5.85. The molecule has 0 radical (unpaired) electrons. The van der Waals surface area contributed by atoms with Gasteiger partial charge in [-0.2, -0.15) is 0 Å². The summed E-state index contributed by atoms with van der Waals surface area (Å²) < 4.78 is 5.67. The van der Waals surface area contributed by atoms with E-state index in [2.05, 4.69) is 5.32 Å². The van der Waals surface area contributed by atoms with Crippen LogP contribution in [0.25, 0.3) is 0 Å². The van der Waals surface area contributed by atoms with Crippen LogP contribution in [0.5, 0.6) is 5.75 Å². The van der Waals surface area contributed by atoms with E-state index in [1.807, 2.05) is 26.0 Å². The Balaban J connectivity index is 2.52. The van der Waals surface area contributed by atoms with Gasteiger partial charge in [-0.3, -0.25) is 5.32 Å². The van der Waals surface area contributed by atoms with Crippen LogP contribution in [0.3, 0.4) is 0 Å². The highest BCUT2D eigenvalue weighted by Gasteiger charge is 2.06. The molecule has 90 valence electrons. The topological polar surface area (TPSA) is 41.5 Å². The first-order chi connectivity index (χ1) is 7.49. The van der Waals surface area contributed by atoms with E-state index in [0.717, 1.165) is 11.3 Å². The van der Waals surface area contributed by atoms with Crippen LogP contribution in [0.2, 0.25) is 5.02 Å². The number of aryl methyl sites for hydroxylation is 1. The van der Waals surface area contributed by atoms with Crippen molar-refractivity contribution >= 4 is 11.6 Å². The average Bonchev–Trinajstić information content (AvgIpc) is 2.19. The van der Waals surface area contributed by atoms with Gasteiger partial charge in [-0.05, 0) is 44.5 Å². The van der Waals surface area contributed by atoms with E-state index in [9.17, 15) is 0 Å². The van der Waals surface area contributed by atoms with Gasteiger partial charge in [-0.1, -0.05) is 11.6 Å². The maximum Gasteiger partial charge on any atom is 0.147 e. The highest BCUT2D eigenvalue weighted by atomic mass is 35.5. The summed E-state index contributed by atoms with van der Waals surface area (Å²) in [5.41, 5.74) is 0.998. The maximum atomic E-state index is 9.12. The predicted octanol–water partition coefficient (Wildman–Crippen LogP) is 2.34. The fourth-order valence-electron chi connectivity index (χ4n) is 1.31. The second-order valence-electron chi connectivity index (χ2n) is 3.93. The molecule has 0 bridgehead atoms. The van der Waals surface area contributed by atoms with E-state index in [1.165, 1.54) is 0 Å². The van der Waals surface area contributed by atoms with Crippen molar-refractivity contribution in [3.8, 4) is 5.75 Å². The predicted molar refractivity (Wildman–Crippen MR) is 66.0 cm³/mol. The van der Waals surface area contributed by atoms with Crippen molar-refractivity contribution in [3.05, 3.63) is 28.8 Å². The lowest BCUT2D eigenvalue weighted by atomic mass is 10.2. The molecule has 1 aromatic rings. The van der Waals surface area contributed by atoms with Crippen molar-refractivity contribution in [2.45, 2.75) is 33.1 Å². The smallest absolute Gasteiger partial charge is 0.147 e. The first-order valence-corrected chi connectivity index (χ1v) is 5.71. The maximum absolute atomic E-state index is 9.12. The third kappa shape index (κ3) is 4.39. The van der Waals surface area contributed by atoms with Crippen molar-refractivity contribution in [2.75, 3.05) is 6.54 Å². The largest absolute Gasteiger partial charge is 0.475 e. The lowest BCUT2D eigenvalue weighted by Gasteiger charge is -2.18. The molecular weight excluding hydrogens is 226 g/mol. The lowest BCUT2D eigenvalue weighted by molar-refractivity contribution is 0.136. The van der Waals surface area contributed by atoms with Gasteiger partial charge in [0.1, 0.15) is 12.0 Å². The number of benzene rings is 1. The highest BCUT2D eigenvalue weighted by Crippen LogP contribution is 2.22. The van der Waals surface area contributed by atoms with Gasteiger partial charge in [-0.15, -0.1) is 0 Å². The molecule has 3 nitrogen and oxygen atoms in total. The molecule has 1 aromatic carbocycles. The van der Waals surface area contributed by atoms with E-state index >= 15 is 0 Å². The number of rotatable bonds is 5. The minimum atomic E-state index is -0.377. The number of ether oxygens (including phenoxy) is 1. The summed E-state index contributed by atoms with van der Waals surface area (Å²) in [7, 11) is 0. The average molecular weight is 244 g/mol. The molecule has 0 amide bonds. The fraction of sp³-hybridized carbons (Fsp3) is 0.500. The minimum absolute atomic E-state index is 0.144. The fourth-order valence-corrected chi connectivity index (χ4v) is 1.54. The van der Waals surface area contributed by atoms with Crippen LogP contribution in [0, 0.1) is 6.92 Å². The molecule has 0 heterocycles. The van der Waals surface area contributed by atoms with Crippen LogP contribution >= 0.6 is 11.6 Å². The standard InChI is InChI=1S/C12H18ClNO2/c1-8-6-11(13)4-5-12(8)16-10(3)14-7-9(2)15/h4-6,9-10,14-15H,7H2,1-3H3. The molecule has 0 saturated carbocycles. The molecule has 0 saturated heterocycles. The quantitative estimate of drug-likeness (QED) is 0.780. The normalized spacial score (nSPS) is 14.6. The highest BCUT2D eigenvalue weighted by molar-refractivity contribution is 6.30. The Morgan fingerprint density at radius 3 is 2.69 bits per heavy atom. The molecule has 0 aliphatic rings. The summed E-state index contributed by atoms with van der Waals surface area (Å²) in [6.45, 7) is 6.08. The second-order valence-corrected chi connectivity index (χ2v) is 4.36. The second kappa shape index (κ2) is 6.09. The monoisotopic (exact) mass is 243 g/mol. The molecule has 0 aliphatic heterocycles. The summed E-state index contributed by atoms with van der Waals surface area (Å²) in [5.74, 6) is 0.801. The van der Waals surface area contributed by atoms with Gasteiger partial charge in [0.2, 0.25) is 0 Å².